The minimum Gasteiger partial charge on any atom is -0.379 e. The second-order valence-corrected chi connectivity index (χ2v) is 6.07. The van der Waals surface area contributed by atoms with Crippen molar-refractivity contribution >= 4 is 10.8 Å². The highest BCUT2D eigenvalue weighted by Crippen LogP contribution is 2.34. The third-order valence-electron chi connectivity index (χ3n) is 4.81. The molecule has 2 atom stereocenters. The summed E-state index contributed by atoms with van der Waals surface area (Å²) in [4.78, 5) is 4.20. The van der Waals surface area contributed by atoms with Crippen LogP contribution in [-0.4, -0.2) is 18.2 Å². The number of hydrogen-bond acceptors (Lipinski definition) is 3. The summed E-state index contributed by atoms with van der Waals surface area (Å²) in [6.45, 7) is 0. The highest BCUT2D eigenvalue weighted by Gasteiger charge is 2.30. The minimum atomic E-state index is -0.0794. The molecule has 0 aliphatic heterocycles. The van der Waals surface area contributed by atoms with Crippen molar-refractivity contribution in [3.8, 4) is 0 Å². The molecule has 1 saturated carbocycles. The van der Waals surface area contributed by atoms with E-state index >= 15 is 0 Å². The summed E-state index contributed by atoms with van der Waals surface area (Å²) >= 11 is 0. The molecule has 1 fully saturated rings. The normalized spacial score (nSPS) is 19.5. The Bertz CT molecular complexity index is 587. The summed E-state index contributed by atoms with van der Waals surface area (Å²) in [5, 5.41) is 2.34. The van der Waals surface area contributed by atoms with Gasteiger partial charge in [0.25, 0.3) is 0 Å². The van der Waals surface area contributed by atoms with Crippen LogP contribution in [0, 0.1) is 5.92 Å². The SMILES string of the molecule is COC(C1CCCCC1)C(N)c1cccc2cnccc12. The van der Waals surface area contributed by atoms with Crippen molar-refractivity contribution in [3.63, 3.8) is 0 Å². The molecule has 1 aliphatic rings. The van der Waals surface area contributed by atoms with Crippen LogP contribution in [0.25, 0.3) is 10.8 Å². The zero-order chi connectivity index (χ0) is 14.7. The van der Waals surface area contributed by atoms with Crippen molar-refractivity contribution < 1.29 is 4.74 Å². The van der Waals surface area contributed by atoms with Gasteiger partial charge >= 0.3 is 0 Å². The molecule has 2 N–H and O–H groups in total. The Morgan fingerprint density at radius 2 is 2.00 bits per heavy atom. The first kappa shape index (κ1) is 14.5. The van der Waals surface area contributed by atoms with Gasteiger partial charge in [0.15, 0.2) is 0 Å². The number of nitrogens with zero attached hydrogens (tertiary/aromatic N) is 1. The zero-order valence-electron chi connectivity index (χ0n) is 12.7. The number of hydrogen-bond donors (Lipinski definition) is 1. The summed E-state index contributed by atoms with van der Waals surface area (Å²) in [5.74, 6) is 0.579. The Balaban J connectivity index is 1.92. The minimum absolute atomic E-state index is 0.0794. The molecular weight excluding hydrogens is 260 g/mol. The molecular formula is C18H24N2O. The molecule has 1 heterocycles. The van der Waals surface area contributed by atoms with E-state index < -0.39 is 0 Å². The van der Waals surface area contributed by atoms with Crippen LogP contribution in [0.3, 0.4) is 0 Å². The van der Waals surface area contributed by atoms with Gasteiger partial charge in [0.05, 0.1) is 12.1 Å². The molecule has 0 bridgehead atoms. The third kappa shape index (κ3) is 2.94. The molecule has 0 amide bonds. The number of ether oxygens (including phenoxy) is 1. The number of nitrogens with two attached hydrogens (primary N) is 1. The standard InChI is InChI=1S/C18H24N2O/c1-21-18(13-6-3-2-4-7-13)17(19)16-9-5-8-14-12-20-11-10-15(14)16/h5,8-13,17-18H,2-4,6-7,19H2,1H3. The molecule has 2 unspecified atom stereocenters. The van der Waals surface area contributed by atoms with E-state index in [1.165, 1.54) is 43.1 Å². The van der Waals surface area contributed by atoms with Crippen molar-refractivity contribution in [2.75, 3.05) is 7.11 Å². The highest BCUT2D eigenvalue weighted by molar-refractivity contribution is 5.85. The van der Waals surface area contributed by atoms with Gasteiger partial charge < -0.3 is 10.5 Å². The summed E-state index contributed by atoms with van der Waals surface area (Å²) in [6.07, 6.45) is 10.3. The second-order valence-electron chi connectivity index (χ2n) is 6.07. The number of rotatable bonds is 4. The quantitative estimate of drug-likeness (QED) is 0.928. The Morgan fingerprint density at radius 1 is 1.19 bits per heavy atom. The Hall–Kier alpha value is -1.45. The van der Waals surface area contributed by atoms with Crippen LogP contribution in [0.1, 0.15) is 43.7 Å². The molecule has 0 radical (unpaired) electrons. The van der Waals surface area contributed by atoms with Crippen molar-refractivity contribution in [2.45, 2.75) is 44.2 Å². The van der Waals surface area contributed by atoms with E-state index in [1.807, 2.05) is 12.4 Å². The van der Waals surface area contributed by atoms with Crippen LogP contribution >= 0.6 is 0 Å². The van der Waals surface area contributed by atoms with Crippen LogP contribution < -0.4 is 5.73 Å². The van der Waals surface area contributed by atoms with E-state index in [2.05, 4.69) is 29.2 Å². The van der Waals surface area contributed by atoms with E-state index in [1.54, 1.807) is 7.11 Å². The summed E-state index contributed by atoms with van der Waals surface area (Å²) < 4.78 is 5.81. The molecule has 3 heteroatoms. The van der Waals surface area contributed by atoms with Gasteiger partial charge in [0, 0.05) is 24.9 Å². The lowest BCUT2D eigenvalue weighted by Gasteiger charge is -2.33. The lowest BCUT2D eigenvalue weighted by Crippen LogP contribution is -2.36. The third-order valence-corrected chi connectivity index (χ3v) is 4.81. The molecule has 1 aliphatic carbocycles. The molecule has 112 valence electrons. The van der Waals surface area contributed by atoms with Gasteiger partial charge in [-0.25, -0.2) is 0 Å². The number of pyridine rings is 1. The van der Waals surface area contributed by atoms with Gasteiger partial charge in [-0.2, -0.15) is 0 Å². The molecule has 0 saturated heterocycles. The van der Waals surface area contributed by atoms with Gasteiger partial charge in [-0.05, 0) is 35.8 Å². The fourth-order valence-corrected chi connectivity index (χ4v) is 3.71. The molecule has 1 aromatic heterocycles. The van der Waals surface area contributed by atoms with Crippen molar-refractivity contribution in [1.29, 1.82) is 0 Å². The average molecular weight is 284 g/mol. The molecule has 3 nitrogen and oxygen atoms in total. The van der Waals surface area contributed by atoms with Crippen molar-refractivity contribution in [2.24, 2.45) is 11.7 Å². The predicted molar refractivity (Wildman–Crippen MR) is 86.0 cm³/mol. The Kier molecular flexibility index (Phi) is 4.51. The fraction of sp³-hybridized carbons (Fsp3) is 0.500. The average Bonchev–Trinajstić information content (AvgIpc) is 2.56. The summed E-state index contributed by atoms with van der Waals surface area (Å²) in [5.41, 5.74) is 7.77. The Morgan fingerprint density at radius 3 is 2.76 bits per heavy atom. The van der Waals surface area contributed by atoms with Gasteiger partial charge in [-0.1, -0.05) is 37.5 Å². The topological polar surface area (TPSA) is 48.1 Å². The van der Waals surface area contributed by atoms with E-state index in [-0.39, 0.29) is 12.1 Å². The van der Waals surface area contributed by atoms with Crippen LogP contribution in [-0.2, 0) is 4.74 Å². The summed E-state index contributed by atoms with van der Waals surface area (Å²) in [6, 6.07) is 8.25. The van der Waals surface area contributed by atoms with Gasteiger partial charge in [-0.3, -0.25) is 4.98 Å². The first-order valence-electron chi connectivity index (χ1n) is 7.92. The monoisotopic (exact) mass is 284 g/mol. The van der Waals surface area contributed by atoms with Gasteiger partial charge in [-0.15, -0.1) is 0 Å². The fourth-order valence-electron chi connectivity index (χ4n) is 3.71. The molecule has 2 aromatic rings. The van der Waals surface area contributed by atoms with Crippen LogP contribution in [0.15, 0.2) is 36.7 Å². The first-order chi connectivity index (χ1) is 10.3. The van der Waals surface area contributed by atoms with E-state index in [0.29, 0.717) is 5.92 Å². The van der Waals surface area contributed by atoms with Crippen LogP contribution in [0.4, 0.5) is 0 Å². The smallest absolute Gasteiger partial charge is 0.0792 e. The lowest BCUT2D eigenvalue weighted by atomic mass is 9.80. The van der Waals surface area contributed by atoms with Gasteiger partial charge in [0.2, 0.25) is 0 Å². The maximum Gasteiger partial charge on any atom is 0.0792 e. The molecule has 1 aromatic carbocycles. The Labute approximate surface area is 126 Å². The lowest BCUT2D eigenvalue weighted by molar-refractivity contribution is 0.0176. The maximum absolute atomic E-state index is 6.60. The van der Waals surface area contributed by atoms with Crippen molar-refractivity contribution in [3.05, 3.63) is 42.2 Å². The summed E-state index contributed by atoms with van der Waals surface area (Å²) in [7, 11) is 1.80. The number of benzene rings is 1. The van der Waals surface area contributed by atoms with E-state index in [4.69, 9.17) is 10.5 Å². The molecule has 21 heavy (non-hydrogen) atoms. The molecule has 0 spiro atoms. The van der Waals surface area contributed by atoms with Gasteiger partial charge in [0.1, 0.15) is 0 Å². The second kappa shape index (κ2) is 6.54. The van der Waals surface area contributed by atoms with E-state index in [9.17, 15) is 0 Å². The van der Waals surface area contributed by atoms with Crippen LogP contribution in [0.5, 0.6) is 0 Å². The zero-order valence-corrected chi connectivity index (χ0v) is 12.7. The van der Waals surface area contributed by atoms with Crippen LogP contribution in [0.2, 0.25) is 0 Å². The van der Waals surface area contributed by atoms with Crippen molar-refractivity contribution in [1.82, 2.24) is 4.98 Å². The largest absolute Gasteiger partial charge is 0.379 e. The number of fused-ring (bicyclic) bond motifs is 1. The first-order valence-corrected chi connectivity index (χ1v) is 7.92. The maximum atomic E-state index is 6.60. The van der Waals surface area contributed by atoms with E-state index in [0.717, 1.165) is 5.39 Å². The number of aromatic nitrogens is 1. The highest BCUT2D eigenvalue weighted by atomic mass is 16.5. The number of methoxy groups -OCH3 is 1. The molecule has 3 rings (SSSR count). The predicted octanol–water partition coefficient (Wildman–Crippen LogP) is 3.83.